The van der Waals surface area contributed by atoms with Crippen LogP contribution in [-0.4, -0.2) is 19.8 Å². The Morgan fingerprint density at radius 1 is 1.00 bits per heavy atom. The first-order chi connectivity index (χ1) is 8.46. The maximum absolute atomic E-state index is 11.3. The van der Waals surface area contributed by atoms with Crippen LogP contribution in [-0.2, 0) is 10.0 Å². The molecule has 0 aliphatic rings. The van der Waals surface area contributed by atoms with Gasteiger partial charge in [0, 0.05) is 5.56 Å². The molecule has 94 valence electrons. The zero-order valence-corrected chi connectivity index (χ0v) is 10.6. The van der Waals surface area contributed by atoms with Crippen LogP contribution in [0, 0.1) is 0 Å². The summed E-state index contributed by atoms with van der Waals surface area (Å²) in [4.78, 5) is 0. The molecular formula is C13H13NO3S. The Kier molecular flexibility index (Phi) is 3.25. The highest BCUT2D eigenvalue weighted by Gasteiger charge is 2.08. The molecule has 0 fully saturated rings. The van der Waals surface area contributed by atoms with Crippen LogP contribution in [0.15, 0.2) is 48.5 Å². The van der Waals surface area contributed by atoms with Crippen LogP contribution in [0.3, 0.4) is 0 Å². The van der Waals surface area contributed by atoms with Gasteiger partial charge in [-0.25, -0.2) is 8.42 Å². The first-order valence-corrected chi connectivity index (χ1v) is 7.21. The second-order valence-corrected chi connectivity index (χ2v) is 5.72. The van der Waals surface area contributed by atoms with Crippen molar-refractivity contribution in [2.24, 2.45) is 0 Å². The molecule has 0 radical (unpaired) electrons. The number of hydrogen-bond acceptors (Lipinski definition) is 3. The maximum atomic E-state index is 11.3. The van der Waals surface area contributed by atoms with Gasteiger partial charge in [0.15, 0.2) is 0 Å². The fourth-order valence-corrected chi connectivity index (χ4v) is 2.24. The van der Waals surface area contributed by atoms with Gasteiger partial charge in [0.1, 0.15) is 5.75 Å². The Bertz CT molecular complexity index is 648. The van der Waals surface area contributed by atoms with E-state index in [-0.39, 0.29) is 5.75 Å². The van der Waals surface area contributed by atoms with E-state index in [1.54, 1.807) is 36.4 Å². The van der Waals surface area contributed by atoms with E-state index in [2.05, 4.69) is 4.72 Å². The minimum atomic E-state index is -3.32. The number of rotatable bonds is 3. The average Bonchev–Trinajstić information content (AvgIpc) is 2.29. The smallest absolute Gasteiger partial charge is 0.229 e. The van der Waals surface area contributed by atoms with Crippen molar-refractivity contribution >= 4 is 15.7 Å². The first-order valence-electron chi connectivity index (χ1n) is 5.32. The summed E-state index contributed by atoms with van der Waals surface area (Å²) in [7, 11) is -3.32. The summed E-state index contributed by atoms with van der Waals surface area (Å²) in [6.07, 6.45) is 1.11. The van der Waals surface area contributed by atoms with Gasteiger partial charge in [-0.1, -0.05) is 30.3 Å². The number of para-hydroxylation sites is 1. The van der Waals surface area contributed by atoms with Crippen molar-refractivity contribution in [3.05, 3.63) is 48.5 Å². The second kappa shape index (κ2) is 4.70. The summed E-state index contributed by atoms with van der Waals surface area (Å²) in [5, 5.41) is 9.25. The van der Waals surface area contributed by atoms with E-state index in [1.165, 1.54) is 0 Å². The van der Waals surface area contributed by atoms with Crippen molar-refractivity contribution in [3.63, 3.8) is 0 Å². The molecule has 0 bridgehead atoms. The molecule has 5 heteroatoms. The van der Waals surface area contributed by atoms with Crippen LogP contribution >= 0.6 is 0 Å². The highest BCUT2D eigenvalue weighted by atomic mass is 32.2. The molecule has 0 aromatic heterocycles. The summed E-state index contributed by atoms with van der Waals surface area (Å²) in [6, 6.07) is 13.7. The number of phenolic OH excluding ortho intramolecular Hbond substituents is 1. The molecule has 0 unspecified atom stereocenters. The van der Waals surface area contributed by atoms with Gasteiger partial charge in [0.25, 0.3) is 0 Å². The molecule has 4 nitrogen and oxygen atoms in total. The number of sulfonamides is 1. The van der Waals surface area contributed by atoms with Gasteiger partial charge in [-0.3, -0.25) is 4.72 Å². The molecule has 18 heavy (non-hydrogen) atoms. The summed E-state index contributed by atoms with van der Waals surface area (Å²) in [6.45, 7) is 0. The minimum absolute atomic E-state index is 0.173. The standard InChI is InChI=1S/C13H13NO3S/c1-18(16,17)14-13-5-3-2-4-12(13)10-6-8-11(15)9-7-10/h2-9,14-15H,1H3. The van der Waals surface area contributed by atoms with E-state index in [1.807, 2.05) is 12.1 Å². The number of aromatic hydroxyl groups is 1. The SMILES string of the molecule is CS(=O)(=O)Nc1ccccc1-c1ccc(O)cc1. The fraction of sp³-hybridized carbons (Fsp3) is 0.0769. The number of nitrogens with one attached hydrogen (secondary N) is 1. The van der Waals surface area contributed by atoms with Gasteiger partial charge in [0.2, 0.25) is 10.0 Å². The first kappa shape index (κ1) is 12.4. The van der Waals surface area contributed by atoms with Gasteiger partial charge >= 0.3 is 0 Å². The predicted molar refractivity (Wildman–Crippen MR) is 72.0 cm³/mol. The summed E-state index contributed by atoms with van der Waals surface area (Å²) in [5.74, 6) is 0.173. The van der Waals surface area contributed by atoms with E-state index in [0.29, 0.717) is 5.69 Å². The number of benzene rings is 2. The summed E-state index contributed by atoms with van der Waals surface area (Å²) >= 11 is 0. The summed E-state index contributed by atoms with van der Waals surface area (Å²) < 4.78 is 25.0. The molecule has 0 aliphatic carbocycles. The van der Waals surface area contributed by atoms with Gasteiger partial charge in [-0.15, -0.1) is 0 Å². The van der Waals surface area contributed by atoms with Gasteiger partial charge in [0.05, 0.1) is 11.9 Å². The lowest BCUT2D eigenvalue weighted by Crippen LogP contribution is -2.10. The summed E-state index contributed by atoms with van der Waals surface area (Å²) in [5.41, 5.74) is 2.12. The van der Waals surface area contributed by atoms with Crippen molar-refractivity contribution in [3.8, 4) is 16.9 Å². The average molecular weight is 263 g/mol. The minimum Gasteiger partial charge on any atom is -0.508 e. The molecule has 2 N–H and O–H groups in total. The molecule has 0 atom stereocenters. The lowest BCUT2D eigenvalue weighted by molar-refractivity contribution is 0.475. The third-order valence-corrected chi connectivity index (χ3v) is 2.99. The number of hydrogen-bond donors (Lipinski definition) is 2. The maximum Gasteiger partial charge on any atom is 0.229 e. The largest absolute Gasteiger partial charge is 0.508 e. The van der Waals surface area contributed by atoms with Crippen molar-refractivity contribution in [2.75, 3.05) is 11.0 Å². The third-order valence-electron chi connectivity index (χ3n) is 2.40. The molecule has 2 aromatic carbocycles. The zero-order valence-electron chi connectivity index (χ0n) is 9.79. The molecule has 0 heterocycles. The van der Waals surface area contributed by atoms with E-state index >= 15 is 0 Å². The van der Waals surface area contributed by atoms with Crippen LogP contribution < -0.4 is 4.72 Å². The molecule has 0 amide bonds. The van der Waals surface area contributed by atoms with E-state index in [0.717, 1.165) is 17.4 Å². The number of anilines is 1. The van der Waals surface area contributed by atoms with Crippen molar-refractivity contribution in [2.45, 2.75) is 0 Å². The Labute approximate surface area is 106 Å². The van der Waals surface area contributed by atoms with E-state index in [4.69, 9.17) is 0 Å². The Hall–Kier alpha value is -2.01. The fourth-order valence-electron chi connectivity index (χ4n) is 1.66. The molecular weight excluding hydrogens is 250 g/mol. The Balaban J connectivity index is 2.48. The van der Waals surface area contributed by atoms with Crippen molar-refractivity contribution < 1.29 is 13.5 Å². The van der Waals surface area contributed by atoms with Crippen LogP contribution in [0.4, 0.5) is 5.69 Å². The monoisotopic (exact) mass is 263 g/mol. The second-order valence-electron chi connectivity index (χ2n) is 3.97. The van der Waals surface area contributed by atoms with E-state index in [9.17, 15) is 13.5 Å². The zero-order chi connectivity index (χ0) is 13.2. The molecule has 2 rings (SSSR count). The van der Waals surface area contributed by atoms with Gasteiger partial charge in [-0.2, -0.15) is 0 Å². The molecule has 2 aromatic rings. The predicted octanol–water partition coefficient (Wildman–Crippen LogP) is 2.43. The normalized spacial score (nSPS) is 11.2. The molecule has 0 aliphatic heterocycles. The van der Waals surface area contributed by atoms with Gasteiger partial charge < -0.3 is 5.11 Å². The Morgan fingerprint density at radius 2 is 1.61 bits per heavy atom. The Morgan fingerprint density at radius 3 is 2.22 bits per heavy atom. The number of phenols is 1. The molecule has 0 saturated carbocycles. The quantitative estimate of drug-likeness (QED) is 0.893. The van der Waals surface area contributed by atoms with Crippen LogP contribution in [0.1, 0.15) is 0 Å². The van der Waals surface area contributed by atoms with E-state index < -0.39 is 10.0 Å². The topological polar surface area (TPSA) is 66.4 Å². The highest BCUT2D eigenvalue weighted by Crippen LogP contribution is 2.29. The third kappa shape index (κ3) is 3.01. The van der Waals surface area contributed by atoms with Crippen LogP contribution in [0.25, 0.3) is 11.1 Å². The lowest BCUT2D eigenvalue weighted by atomic mass is 10.0. The van der Waals surface area contributed by atoms with Crippen molar-refractivity contribution in [1.82, 2.24) is 0 Å². The molecule has 0 saturated heterocycles. The van der Waals surface area contributed by atoms with Crippen LogP contribution in [0.5, 0.6) is 5.75 Å². The lowest BCUT2D eigenvalue weighted by Gasteiger charge is -2.10. The van der Waals surface area contributed by atoms with Crippen molar-refractivity contribution in [1.29, 1.82) is 0 Å². The van der Waals surface area contributed by atoms with Gasteiger partial charge in [-0.05, 0) is 23.8 Å². The van der Waals surface area contributed by atoms with Crippen LogP contribution in [0.2, 0.25) is 0 Å². The molecule has 0 spiro atoms. The highest BCUT2D eigenvalue weighted by molar-refractivity contribution is 7.92.